The Kier molecular flexibility index (Phi) is 3.78. The molecular weight excluding hydrogens is 252 g/mol. The van der Waals surface area contributed by atoms with Gasteiger partial charge in [-0.2, -0.15) is 5.10 Å². The minimum Gasteiger partial charge on any atom is -0.325 e. The molecule has 0 radical (unpaired) electrons. The van der Waals surface area contributed by atoms with Crippen molar-refractivity contribution in [3.8, 4) is 11.3 Å². The van der Waals surface area contributed by atoms with Crippen LogP contribution in [0.15, 0.2) is 36.5 Å². The van der Waals surface area contributed by atoms with Crippen molar-refractivity contribution in [2.24, 2.45) is 5.92 Å². The van der Waals surface area contributed by atoms with E-state index >= 15 is 0 Å². The summed E-state index contributed by atoms with van der Waals surface area (Å²) in [6, 6.07) is 9.63. The molecule has 1 aromatic carbocycles. The molecule has 1 amide bonds. The second-order valence-electron chi connectivity index (χ2n) is 5.17. The molecule has 1 fully saturated rings. The summed E-state index contributed by atoms with van der Waals surface area (Å²) in [4.78, 5) is 11.7. The molecule has 5 heteroatoms. The van der Waals surface area contributed by atoms with Crippen LogP contribution >= 0.6 is 0 Å². The fourth-order valence-electron chi connectivity index (χ4n) is 2.07. The van der Waals surface area contributed by atoms with Gasteiger partial charge in [-0.1, -0.05) is 12.1 Å². The highest BCUT2D eigenvalue weighted by molar-refractivity contribution is 5.92. The molecule has 1 heterocycles. The molecule has 3 rings (SSSR count). The molecule has 0 atom stereocenters. The van der Waals surface area contributed by atoms with E-state index in [2.05, 4.69) is 20.8 Å². The van der Waals surface area contributed by atoms with Gasteiger partial charge in [-0.25, -0.2) is 0 Å². The first kappa shape index (κ1) is 12.9. The van der Waals surface area contributed by atoms with E-state index in [1.54, 1.807) is 6.20 Å². The van der Waals surface area contributed by atoms with Crippen molar-refractivity contribution in [3.63, 3.8) is 0 Å². The van der Waals surface area contributed by atoms with E-state index in [4.69, 9.17) is 0 Å². The number of rotatable bonds is 6. The van der Waals surface area contributed by atoms with Gasteiger partial charge in [0.05, 0.1) is 12.2 Å². The number of nitrogens with one attached hydrogen (secondary N) is 3. The van der Waals surface area contributed by atoms with Gasteiger partial charge < -0.3 is 10.6 Å². The monoisotopic (exact) mass is 270 g/mol. The van der Waals surface area contributed by atoms with Gasteiger partial charge in [0.1, 0.15) is 0 Å². The number of carbonyl (C=O) groups is 1. The Hall–Kier alpha value is -2.14. The third kappa shape index (κ3) is 3.45. The Morgan fingerprint density at radius 2 is 2.05 bits per heavy atom. The average Bonchev–Trinajstić information content (AvgIpc) is 3.11. The molecule has 0 spiro atoms. The number of aromatic amines is 1. The third-order valence-electron chi connectivity index (χ3n) is 3.40. The molecule has 20 heavy (non-hydrogen) atoms. The SMILES string of the molecule is O=C(CNCC1CC1)Nc1ccc(-c2ccn[nH]2)cc1. The van der Waals surface area contributed by atoms with Crippen molar-refractivity contribution in [2.75, 3.05) is 18.4 Å². The number of hydrogen-bond acceptors (Lipinski definition) is 3. The molecule has 5 nitrogen and oxygen atoms in total. The van der Waals surface area contributed by atoms with Crippen molar-refractivity contribution in [1.29, 1.82) is 0 Å². The maximum Gasteiger partial charge on any atom is 0.238 e. The zero-order valence-corrected chi connectivity index (χ0v) is 11.2. The number of H-pyrrole nitrogens is 1. The quantitative estimate of drug-likeness (QED) is 0.752. The second-order valence-corrected chi connectivity index (χ2v) is 5.17. The van der Waals surface area contributed by atoms with Crippen LogP contribution in [-0.2, 0) is 4.79 Å². The molecule has 1 aromatic heterocycles. The minimum absolute atomic E-state index is 0.0000553. The normalized spacial score (nSPS) is 14.2. The van der Waals surface area contributed by atoms with Crippen LogP contribution in [0.3, 0.4) is 0 Å². The number of anilines is 1. The van der Waals surface area contributed by atoms with Crippen LogP contribution in [0.5, 0.6) is 0 Å². The van der Waals surface area contributed by atoms with Crippen LogP contribution in [0.1, 0.15) is 12.8 Å². The predicted octanol–water partition coefficient (Wildman–Crippen LogP) is 2.01. The predicted molar refractivity (Wildman–Crippen MR) is 78.2 cm³/mol. The summed E-state index contributed by atoms with van der Waals surface area (Å²) < 4.78 is 0. The number of aromatic nitrogens is 2. The number of carbonyl (C=O) groups excluding carboxylic acids is 1. The van der Waals surface area contributed by atoms with E-state index in [-0.39, 0.29) is 5.91 Å². The Balaban J connectivity index is 1.50. The van der Waals surface area contributed by atoms with Crippen LogP contribution in [0, 0.1) is 5.92 Å². The smallest absolute Gasteiger partial charge is 0.238 e. The maximum atomic E-state index is 11.7. The largest absolute Gasteiger partial charge is 0.325 e. The molecule has 0 unspecified atom stereocenters. The van der Waals surface area contributed by atoms with E-state index in [9.17, 15) is 4.79 Å². The van der Waals surface area contributed by atoms with E-state index in [1.807, 2.05) is 30.3 Å². The molecule has 0 aliphatic heterocycles. The Morgan fingerprint density at radius 3 is 2.70 bits per heavy atom. The zero-order chi connectivity index (χ0) is 13.8. The van der Waals surface area contributed by atoms with Crippen molar-refractivity contribution >= 4 is 11.6 Å². The van der Waals surface area contributed by atoms with Gasteiger partial charge >= 0.3 is 0 Å². The van der Waals surface area contributed by atoms with E-state index in [0.717, 1.165) is 29.4 Å². The van der Waals surface area contributed by atoms with Gasteiger partial charge in [-0.15, -0.1) is 0 Å². The molecule has 2 aromatic rings. The van der Waals surface area contributed by atoms with Gasteiger partial charge in [-0.05, 0) is 49.1 Å². The van der Waals surface area contributed by atoms with Gasteiger partial charge in [0, 0.05) is 11.9 Å². The van der Waals surface area contributed by atoms with Crippen molar-refractivity contribution < 1.29 is 4.79 Å². The lowest BCUT2D eigenvalue weighted by Gasteiger charge is -2.07. The highest BCUT2D eigenvalue weighted by atomic mass is 16.1. The first-order chi connectivity index (χ1) is 9.81. The molecular formula is C15H18N4O. The van der Waals surface area contributed by atoms with Crippen LogP contribution < -0.4 is 10.6 Å². The first-order valence-electron chi connectivity index (χ1n) is 6.91. The van der Waals surface area contributed by atoms with E-state index < -0.39 is 0 Å². The maximum absolute atomic E-state index is 11.7. The Bertz CT molecular complexity index is 558. The van der Waals surface area contributed by atoms with E-state index in [1.165, 1.54) is 12.8 Å². The zero-order valence-electron chi connectivity index (χ0n) is 11.2. The second kappa shape index (κ2) is 5.88. The van der Waals surface area contributed by atoms with Crippen LogP contribution in [-0.4, -0.2) is 29.2 Å². The lowest BCUT2D eigenvalue weighted by Crippen LogP contribution is -2.29. The summed E-state index contributed by atoms with van der Waals surface area (Å²) >= 11 is 0. The molecule has 0 saturated heterocycles. The van der Waals surface area contributed by atoms with Crippen molar-refractivity contribution in [1.82, 2.24) is 15.5 Å². The molecule has 1 saturated carbocycles. The molecule has 1 aliphatic rings. The summed E-state index contributed by atoms with van der Waals surface area (Å²) in [7, 11) is 0. The lowest BCUT2D eigenvalue weighted by molar-refractivity contribution is -0.115. The lowest BCUT2D eigenvalue weighted by atomic mass is 10.1. The molecule has 0 bridgehead atoms. The summed E-state index contributed by atoms with van der Waals surface area (Å²) in [5.41, 5.74) is 2.83. The molecule has 3 N–H and O–H groups in total. The first-order valence-corrected chi connectivity index (χ1v) is 6.91. The fraction of sp³-hybridized carbons (Fsp3) is 0.333. The topological polar surface area (TPSA) is 69.8 Å². The number of hydrogen-bond donors (Lipinski definition) is 3. The molecule has 1 aliphatic carbocycles. The van der Waals surface area contributed by atoms with Crippen molar-refractivity contribution in [3.05, 3.63) is 36.5 Å². The fourth-order valence-corrected chi connectivity index (χ4v) is 2.07. The highest BCUT2D eigenvalue weighted by Crippen LogP contribution is 2.27. The summed E-state index contributed by atoms with van der Waals surface area (Å²) in [5.74, 6) is 0.788. The Morgan fingerprint density at radius 1 is 1.25 bits per heavy atom. The van der Waals surface area contributed by atoms with Crippen LogP contribution in [0.2, 0.25) is 0 Å². The third-order valence-corrected chi connectivity index (χ3v) is 3.40. The molecule has 104 valence electrons. The van der Waals surface area contributed by atoms with Gasteiger partial charge in [0.25, 0.3) is 0 Å². The summed E-state index contributed by atoms with van der Waals surface area (Å²) in [6.07, 6.45) is 4.31. The average molecular weight is 270 g/mol. The van der Waals surface area contributed by atoms with Gasteiger partial charge in [0.15, 0.2) is 0 Å². The standard InChI is InChI=1S/C15H18N4O/c20-15(10-16-9-11-1-2-11)18-13-5-3-12(4-6-13)14-7-8-17-19-14/h3-8,11,16H,1-2,9-10H2,(H,17,19)(H,18,20). The minimum atomic E-state index is -0.0000553. The van der Waals surface area contributed by atoms with Crippen molar-refractivity contribution in [2.45, 2.75) is 12.8 Å². The number of amides is 1. The Labute approximate surface area is 117 Å². The van der Waals surface area contributed by atoms with E-state index in [0.29, 0.717) is 6.54 Å². The van der Waals surface area contributed by atoms with Crippen LogP contribution in [0.4, 0.5) is 5.69 Å². The summed E-state index contributed by atoms with van der Waals surface area (Å²) in [5, 5.41) is 12.9. The van der Waals surface area contributed by atoms with Gasteiger partial charge in [0.2, 0.25) is 5.91 Å². The number of benzene rings is 1. The van der Waals surface area contributed by atoms with Gasteiger partial charge in [-0.3, -0.25) is 9.89 Å². The highest BCUT2D eigenvalue weighted by Gasteiger charge is 2.20. The van der Waals surface area contributed by atoms with Crippen LogP contribution in [0.25, 0.3) is 11.3 Å². The summed E-state index contributed by atoms with van der Waals surface area (Å²) in [6.45, 7) is 1.32. The number of nitrogens with zero attached hydrogens (tertiary/aromatic N) is 1.